The van der Waals surface area contributed by atoms with Gasteiger partial charge in [-0.05, 0) is 37.3 Å². The van der Waals surface area contributed by atoms with Crippen molar-refractivity contribution < 1.29 is 4.79 Å². The van der Waals surface area contributed by atoms with Crippen LogP contribution in [0.1, 0.15) is 16.1 Å². The molecule has 0 saturated heterocycles. The molecule has 4 rings (SSSR count). The summed E-state index contributed by atoms with van der Waals surface area (Å²) in [5.41, 5.74) is 3.53. The molecule has 6 heteroatoms. The lowest BCUT2D eigenvalue weighted by molar-refractivity contribution is 0.102. The highest BCUT2D eigenvalue weighted by Gasteiger charge is 2.14. The van der Waals surface area contributed by atoms with Crippen molar-refractivity contribution in [1.82, 2.24) is 14.8 Å². The quantitative estimate of drug-likeness (QED) is 0.577. The van der Waals surface area contributed by atoms with Crippen molar-refractivity contribution in [3.05, 3.63) is 83.1 Å². The molecule has 2 aromatic heterocycles. The number of aryl methyl sites for hydroxylation is 1. The van der Waals surface area contributed by atoms with Crippen molar-refractivity contribution in [3.8, 4) is 5.69 Å². The predicted molar refractivity (Wildman–Crippen MR) is 103 cm³/mol. The van der Waals surface area contributed by atoms with Crippen molar-refractivity contribution in [2.24, 2.45) is 0 Å². The largest absolute Gasteiger partial charge is 0.321 e. The summed E-state index contributed by atoms with van der Waals surface area (Å²) in [6.07, 6.45) is 1.62. The number of anilines is 1. The molecule has 1 N–H and O–H groups in total. The van der Waals surface area contributed by atoms with Gasteiger partial charge in [-0.15, -0.1) is 0 Å². The lowest BCUT2D eigenvalue weighted by Crippen LogP contribution is -2.12. The Balaban J connectivity index is 1.70. The first-order valence-corrected chi connectivity index (χ1v) is 8.48. The molecule has 128 valence electrons. The number of hydrogen-bond acceptors (Lipinski definition) is 3. The van der Waals surface area contributed by atoms with Crippen molar-refractivity contribution >= 4 is 34.2 Å². The second-order valence-electron chi connectivity index (χ2n) is 5.86. The van der Waals surface area contributed by atoms with E-state index in [-0.39, 0.29) is 5.91 Å². The van der Waals surface area contributed by atoms with Crippen molar-refractivity contribution in [2.75, 3.05) is 5.32 Å². The number of carbonyl (C=O) groups excluding carboxylic acids is 1. The number of benzene rings is 2. The third-order valence-corrected chi connectivity index (χ3v) is 4.41. The van der Waals surface area contributed by atoms with E-state index in [0.29, 0.717) is 16.3 Å². The van der Waals surface area contributed by atoms with Crippen molar-refractivity contribution in [1.29, 1.82) is 0 Å². The Morgan fingerprint density at radius 3 is 2.58 bits per heavy atom. The summed E-state index contributed by atoms with van der Waals surface area (Å²) in [6.45, 7) is 1.92. The first-order valence-electron chi connectivity index (χ1n) is 8.10. The third kappa shape index (κ3) is 2.93. The predicted octanol–water partition coefficient (Wildman–Crippen LogP) is 4.63. The molecule has 0 aliphatic rings. The minimum absolute atomic E-state index is 0.273. The molecule has 0 aliphatic heterocycles. The van der Waals surface area contributed by atoms with Crippen LogP contribution in [0.4, 0.5) is 5.69 Å². The van der Waals surface area contributed by atoms with Crippen LogP contribution >= 0.6 is 11.6 Å². The van der Waals surface area contributed by atoms with Crippen LogP contribution in [-0.4, -0.2) is 20.7 Å². The van der Waals surface area contributed by atoms with E-state index in [2.05, 4.69) is 15.4 Å². The molecular formula is C20H15ClN4O. The maximum absolute atomic E-state index is 12.4. The molecule has 2 aromatic carbocycles. The number of aromatic nitrogens is 3. The first kappa shape index (κ1) is 16.3. The Labute approximate surface area is 155 Å². The number of nitrogens with zero attached hydrogens (tertiary/aromatic N) is 3. The Bertz CT molecular complexity index is 1110. The minimum atomic E-state index is -0.273. The molecule has 0 bridgehead atoms. The normalized spacial score (nSPS) is 10.8. The summed E-state index contributed by atoms with van der Waals surface area (Å²) in [6, 6.07) is 18.6. The Morgan fingerprint density at radius 2 is 1.81 bits per heavy atom. The van der Waals surface area contributed by atoms with Crippen LogP contribution in [0, 0.1) is 6.92 Å². The molecule has 26 heavy (non-hydrogen) atoms. The highest BCUT2D eigenvalue weighted by atomic mass is 35.5. The fourth-order valence-corrected chi connectivity index (χ4v) is 3.03. The number of carbonyl (C=O) groups is 1. The summed E-state index contributed by atoms with van der Waals surface area (Å²) in [5.74, 6) is -0.273. The van der Waals surface area contributed by atoms with E-state index in [0.717, 1.165) is 22.4 Å². The summed E-state index contributed by atoms with van der Waals surface area (Å²) >= 11 is 6.09. The molecule has 0 radical (unpaired) electrons. The van der Waals surface area contributed by atoms with Gasteiger partial charge in [0.25, 0.3) is 5.91 Å². The van der Waals surface area contributed by atoms with Crippen LogP contribution in [0.2, 0.25) is 5.02 Å². The zero-order chi connectivity index (χ0) is 18.1. The fourth-order valence-electron chi connectivity index (χ4n) is 2.81. The van der Waals surface area contributed by atoms with E-state index in [9.17, 15) is 4.79 Å². The van der Waals surface area contributed by atoms with Gasteiger partial charge in [-0.25, -0.2) is 9.67 Å². The first-order chi connectivity index (χ1) is 12.6. The highest BCUT2D eigenvalue weighted by Crippen LogP contribution is 2.24. The SMILES string of the molecule is Cc1nn(-c2ccccc2)c2ncc(NC(=O)c3ccccc3Cl)cc12. The maximum Gasteiger partial charge on any atom is 0.257 e. The number of hydrogen-bond donors (Lipinski definition) is 1. The van der Waals surface area contributed by atoms with Gasteiger partial charge in [-0.1, -0.05) is 41.9 Å². The zero-order valence-corrected chi connectivity index (χ0v) is 14.7. The lowest BCUT2D eigenvalue weighted by atomic mass is 10.2. The maximum atomic E-state index is 12.4. The average molecular weight is 363 g/mol. The molecule has 2 heterocycles. The second-order valence-corrected chi connectivity index (χ2v) is 6.27. The summed E-state index contributed by atoms with van der Waals surface area (Å²) in [7, 11) is 0. The van der Waals surface area contributed by atoms with E-state index in [1.165, 1.54) is 0 Å². The molecule has 0 spiro atoms. The Morgan fingerprint density at radius 1 is 1.08 bits per heavy atom. The Hall–Kier alpha value is -3.18. The number of fused-ring (bicyclic) bond motifs is 1. The Kier molecular flexibility index (Phi) is 4.14. The summed E-state index contributed by atoms with van der Waals surface area (Å²) in [4.78, 5) is 16.9. The molecule has 0 atom stereocenters. The topological polar surface area (TPSA) is 59.8 Å². The standard InChI is InChI=1S/C20H15ClN4O/c1-13-17-11-14(23-20(26)16-9-5-6-10-18(16)21)12-22-19(17)25(24-13)15-7-3-2-4-8-15/h2-12H,1H3,(H,23,26). The van der Waals surface area contributed by atoms with Crippen LogP contribution in [0.25, 0.3) is 16.7 Å². The van der Waals surface area contributed by atoms with Gasteiger partial charge in [0.05, 0.1) is 33.9 Å². The number of rotatable bonds is 3. The zero-order valence-electron chi connectivity index (χ0n) is 14.0. The monoisotopic (exact) mass is 362 g/mol. The lowest BCUT2D eigenvalue weighted by Gasteiger charge is -2.07. The van der Waals surface area contributed by atoms with Gasteiger partial charge in [0.15, 0.2) is 5.65 Å². The number of halogens is 1. The molecule has 4 aromatic rings. The van der Waals surface area contributed by atoms with E-state index >= 15 is 0 Å². The number of para-hydroxylation sites is 1. The van der Waals surface area contributed by atoms with Crippen molar-refractivity contribution in [2.45, 2.75) is 6.92 Å². The van der Waals surface area contributed by atoms with E-state index in [1.54, 1.807) is 35.1 Å². The number of amides is 1. The molecule has 0 saturated carbocycles. The van der Waals surface area contributed by atoms with Crippen molar-refractivity contribution in [3.63, 3.8) is 0 Å². The molecule has 0 aliphatic carbocycles. The van der Waals surface area contributed by atoms with Gasteiger partial charge in [-0.3, -0.25) is 4.79 Å². The van der Waals surface area contributed by atoms with E-state index < -0.39 is 0 Å². The van der Waals surface area contributed by atoms with E-state index in [4.69, 9.17) is 11.6 Å². The molecule has 0 unspecified atom stereocenters. The van der Waals surface area contributed by atoms with Gasteiger partial charge < -0.3 is 5.32 Å². The molecule has 5 nitrogen and oxygen atoms in total. The highest BCUT2D eigenvalue weighted by molar-refractivity contribution is 6.34. The number of nitrogens with one attached hydrogen (secondary N) is 1. The van der Waals surface area contributed by atoms with Crippen LogP contribution in [0.15, 0.2) is 66.9 Å². The van der Waals surface area contributed by atoms with Gasteiger partial charge in [-0.2, -0.15) is 5.10 Å². The fraction of sp³-hybridized carbons (Fsp3) is 0.0500. The van der Waals surface area contributed by atoms with E-state index in [1.807, 2.05) is 43.3 Å². The minimum Gasteiger partial charge on any atom is -0.321 e. The van der Waals surface area contributed by atoms with Gasteiger partial charge >= 0.3 is 0 Å². The van der Waals surface area contributed by atoms with Gasteiger partial charge in [0.1, 0.15) is 0 Å². The average Bonchev–Trinajstić information content (AvgIpc) is 2.99. The number of pyridine rings is 1. The molecule has 0 fully saturated rings. The van der Waals surface area contributed by atoms with Crippen LogP contribution in [0.5, 0.6) is 0 Å². The van der Waals surface area contributed by atoms with Crippen LogP contribution in [-0.2, 0) is 0 Å². The molecular weight excluding hydrogens is 348 g/mol. The van der Waals surface area contributed by atoms with Crippen LogP contribution in [0.3, 0.4) is 0 Å². The third-order valence-electron chi connectivity index (χ3n) is 4.08. The van der Waals surface area contributed by atoms with Crippen LogP contribution < -0.4 is 5.32 Å². The molecule has 1 amide bonds. The van der Waals surface area contributed by atoms with Gasteiger partial charge in [0, 0.05) is 5.39 Å². The second kappa shape index (κ2) is 6.61. The smallest absolute Gasteiger partial charge is 0.257 e. The summed E-state index contributed by atoms with van der Waals surface area (Å²) in [5, 5.41) is 8.71. The van der Waals surface area contributed by atoms with Gasteiger partial charge in [0.2, 0.25) is 0 Å². The summed E-state index contributed by atoms with van der Waals surface area (Å²) < 4.78 is 1.80.